The van der Waals surface area contributed by atoms with Crippen molar-refractivity contribution < 1.29 is 14.7 Å². The van der Waals surface area contributed by atoms with Gasteiger partial charge < -0.3 is 14.9 Å². The molecule has 1 aromatic heterocycles. The average Bonchev–Trinajstić information content (AvgIpc) is 2.77. The van der Waals surface area contributed by atoms with Crippen LogP contribution in [0.5, 0.6) is 5.88 Å². The second-order valence-corrected chi connectivity index (χ2v) is 7.30. The molecular weight excluding hydrogens is 380 g/mol. The Morgan fingerprint density at radius 3 is 2.23 bits per heavy atom. The van der Waals surface area contributed by atoms with Crippen molar-refractivity contribution in [3.63, 3.8) is 0 Å². The van der Waals surface area contributed by atoms with Crippen LogP contribution in [0, 0.1) is 0 Å². The summed E-state index contributed by atoms with van der Waals surface area (Å²) < 4.78 is 0. The Morgan fingerprint density at radius 1 is 0.933 bits per heavy atom. The van der Waals surface area contributed by atoms with E-state index in [1.807, 2.05) is 11.9 Å². The van der Waals surface area contributed by atoms with Crippen molar-refractivity contribution in [3.05, 3.63) is 71.4 Å². The van der Waals surface area contributed by atoms with Gasteiger partial charge in [0.05, 0.1) is 11.0 Å². The number of rotatable bonds is 4. The van der Waals surface area contributed by atoms with Crippen molar-refractivity contribution in [2.24, 2.45) is 0 Å². The number of fused-ring (bicyclic) bond motifs is 1. The highest BCUT2D eigenvalue weighted by molar-refractivity contribution is 6.07. The third-order valence-corrected chi connectivity index (χ3v) is 5.16. The summed E-state index contributed by atoms with van der Waals surface area (Å²) in [6, 6.07) is 14.1. The summed E-state index contributed by atoms with van der Waals surface area (Å²) in [5, 5.41) is 10.0. The summed E-state index contributed by atoms with van der Waals surface area (Å²) in [5.41, 5.74) is 2.37. The van der Waals surface area contributed by atoms with Crippen LogP contribution in [0.3, 0.4) is 0 Å². The molecule has 0 atom stereocenters. The van der Waals surface area contributed by atoms with Crippen LogP contribution in [0.25, 0.3) is 17.1 Å². The highest BCUT2D eigenvalue weighted by Crippen LogP contribution is 2.19. The molecule has 4 rings (SSSR count). The summed E-state index contributed by atoms with van der Waals surface area (Å²) in [4.78, 5) is 37.4. The van der Waals surface area contributed by atoms with Crippen LogP contribution < -0.4 is 0 Å². The van der Waals surface area contributed by atoms with E-state index in [4.69, 9.17) is 0 Å². The van der Waals surface area contributed by atoms with E-state index >= 15 is 0 Å². The van der Waals surface area contributed by atoms with Crippen molar-refractivity contribution in [1.29, 1.82) is 0 Å². The van der Waals surface area contributed by atoms with Crippen LogP contribution in [0.2, 0.25) is 0 Å². The molecule has 1 fully saturated rings. The van der Waals surface area contributed by atoms with Crippen molar-refractivity contribution >= 4 is 28.8 Å². The first-order chi connectivity index (χ1) is 14.5. The fourth-order valence-electron chi connectivity index (χ4n) is 3.34. The van der Waals surface area contributed by atoms with Crippen LogP contribution in [-0.4, -0.2) is 69.8 Å². The molecule has 7 heteroatoms. The van der Waals surface area contributed by atoms with Gasteiger partial charge in [-0.05, 0) is 43.0 Å². The maximum absolute atomic E-state index is 12.6. The third-order valence-electron chi connectivity index (χ3n) is 5.16. The van der Waals surface area contributed by atoms with E-state index in [0.717, 1.165) is 31.7 Å². The van der Waals surface area contributed by atoms with Gasteiger partial charge in [0.15, 0.2) is 5.69 Å². The molecule has 1 saturated heterocycles. The van der Waals surface area contributed by atoms with E-state index in [1.165, 1.54) is 6.08 Å². The Hall–Kier alpha value is -3.58. The van der Waals surface area contributed by atoms with Gasteiger partial charge in [-0.15, -0.1) is 0 Å². The maximum Gasteiger partial charge on any atom is 0.253 e. The third kappa shape index (κ3) is 4.21. The highest BCUT2D eigenvalue weighted by Gasteiger charge is 2.20. The summed E-state index contributed by atoms with van der Waals surface area (Å²) in [5.74, 6) is -0.814. The Balaban J connectivity index is 1.46. The Bertz CT molecular complexity index is 1120. The molecule has 0 unspecified atom stereocenters. The number of likely N-dealkylation sites (N-methyl/N-ethyl adjacent to an activating group) is 1. The SMILES string of the molecule is CN1CCN(C(=O)c2ccc(C=CC(=O)c3nc4ccccc4nc3O)cc2)CC1. The smallest absolute Gasteiger partial charge is 0.253 e. The topological polar surface area (TPSA) is 86.6 Å². The number of piperazine rings is 1. The number of aromatic hydroxyl groups is 1. The van der Waals surface area contributed by atoms with Crippen LogP contribution >= 0.6 is 0 Å². The minimum Gasteiger partial charge on any atom is -0.492 e. The minimum atomic E-state index is -0.441. The highest BCUT2D eigenvalue weighted by atomic mass is 16.3. The summed E-state index contributed by atoms with van der Waals surface area (Å²) in [7, 11) is 2.05. The molecule has 0 saturated carbocycles. The first-order valence-electron chi connectivity index (χ1n) is 9.77. The quantitative estimate of drug-likeness (QED) is 0.533. The lowest BCUT2D eigenvalue weighted by molar-refractivity contribution is 0.0664. The van der Waals surface area contributed by atoms with Gasteiger partial charge in [-0.3, -0.25) is 9.59 Å². The normalized spacial score (nSPS) is 15.0. The molecule has 0 spiro atoms. The van der Waals surface area contributed by atoms with Gasteiger partial charge >= 0.3 is 0 Å². The minimum absolute atomic E-state index is 0.0195. The fraction of sp³-hybridized carbons (Fsp3) is 0.217. The maximum atomic E-state index is 12.6. The van der Waals surface area contributed by atoms with Crippen LogP contribution in [0.1, 0.15) is 26.4 Å². The Morgan fingerprint density at radius 2 is 1.57 bits per heavy atom. The van der Waals surface area contributed by atoms with Crippen molar-refractivity contribution in [3.8, 4) is 5.88 Å². The van der Waals surface area contributed by atoms with Crippen molar-refractivity contribution in [1.82, 2.24) is 19.8 Å². The van der Waals surface area contributed by atoms with Crippen molar-refractivity contribution in [2.75, 3.05) is 33.2 Å². The Kier molecular flexibility index (Phi) is 5.54. The van der Waals surface area contributed by atoms with Gasteiger partial charge in [0.1, 0.15) is 0 Å². The molecule has 1 N–H and O–H groups in total. The second kappa shape index (κ2) is 8.42. The van der Waals surface area contributed by atoms with Crippen molar-refractivity contribution in [2.45, 2.75) is 0 Å². The lowest BCUT2D eigenvalue weighted by atomic mass is 10.1. The standard InChI is InChI=1S/C23H22N4O3/c1-26-12-14-27(15-13-26)23(30)17-9-6-16(7-10-17)8-11-20(28)21-22(29)25-19-5-3-2-4-18(19)24-21/h2-11H,12-15H2,1H3,(H,25,29). The van der Waals surface area contributed by atoms with Gasteiger partial charge in [-0.25, -0.2) is 9.97 Å². The molecule has 3 aromatic rings. The lowest BCUT2D eigenvalue weighted by Gasteiger charge is -2.32. The number of allylic oxidation sites excluding steroid dienone is 1. The molecule has 1 aliphatic rings. The van der Waals surface area contributed by atoms with Gasteiger partial charge in [-0.2, -0.15) is 0 Å². The average molecular weight is 402 g/mol. The van der Waals surface area contributed by atoms with Crippen LogP contribution in [0.15, 0.2) is 54.6 Å². The zero-order valence-corrected chi connectivity index (χ0v) is 16.7. The summed E-state index contributed by atoms with van der Waals surface area (Å²) >= 11 is 0. The second-order valence-electron chi connectivity index (χ2n) is 7.30. The molecule has 0 aliphatic carbocycles. The van der Waals surface area contributed by atoms with Gasteiger partial charge in [-0.1, -0.05) is 30.3 Å². The molecule has 30 heavy (non-hydrogen) atoms. The number of carbonyl (C=O) groups is 2. The number of hydrogen-bond donors (Lipinski definition) is 1. The molecule has 1 amide bonds. The number of amides is 1. The molecule has 152 valence electrons. The fourth-order valence-corrected chi connectivity index (χ4v) is 3.34. The van der Waals surface area contributed by atoms with Gasteiger partial charge in [0.2, 0.25) is 11.7 Å². The van der Waals surface area contributed by atoms with E-state index in [1.54, 1.807) is 54.6 Å². The first kappa shape index (κ1) is 19.7. The van der Waals surface area contributed by atoms with Crippen LogP contribution in [-0.2, 0) is 0 Å². The molecular formula is C23H22N4O3. The number of hydrogen-bond acceptors (Lipinski definition) is 6. The number of para-hydroxylation sites is 2. The molecule has 7 nitrogen and oxygen atoms in total. The van der Waals surface area contributed by atoms with E-state index in [9.17, 15) is 14.7 Å². The predicted octanol–water partition coefficient (Wildman–Crippen LogP) is 2.62. The molecule has 1 aliphatic heterocycles. The zero-order valence-electron chi connectivity index (χ0n) is 16.7. The lowest BCUT2D eigenvalue weighted by Crippen LogP contribution is -2.47. The van der Waals surface area contributed by atoms with Gasteiger partial charge in [0.25, 0.3) is 5.91 Å². The largest absolute Gasteiger partial charge is 0.492 e. The molecule has 2 heterocycles. The number of ketones is 1. The van der Waals surface area contributed by atoms with E-state index in [2.05, 4.69) is 14.9 Å². The Labute approximate surface area is 174 Å². The van der Waals surface area contributed by atoms with Gasteiger partial charge in [0, 0.05) is 31.7 Å². The van der Waals surface area contributed by atoms with E-state index in [0.29, 0.717) is 16.6 Å². The zero-order chi connectivity index (χ0) is 21.1. The number of nitrogens with zero attached hydrogens (tertiary/aromatic N) is 4. The summed E-state index contributed by atoms with van der Waals surface area (Å²) in [6.07, 6.45) is 2.97. The monoisotopic (exact) mass is 402 g/mol. The molecule has 2 aromatic carbocycles. The van der Waals surface area contributed by atoms with E-state index in [-0.39, 0.29) is 11.6 Å². The number of carbonyl (C=O) groups excluding carboxylic acids is 2. The number of benzene rings is 2. The molecule has 0 radical (unpaired) electrons. The number of aromatic nitrogens is 2. The summed E-state index contributed by atoms with van der Waals surface area (Å²) in [6.45, 7) is 3.20. The van der Waals surface area contributed by atoms with Crippen LogP contribution in [0.4, 0.5) is 0 Å². The van der Waals surface area contributed by atoms with E-state index < -0.39 is 11.7 Å². The predicted molar refractivity (Wildman–Crippen MR) is 114 cm³/mol. The molecule has 0 bridgehead atoms. The first-order valence-corrected chi connectivity index (χ1v) is 9.77.